The molecule has 1 N–H and O–H groups in total. The minimum atomic E-state index is -4.17. The van der Waals surface area contributed by atoms with E-state index in [4.69, 9.17) is 4.74 Å². The molecule has 106 valence electrons. The standard InChI is InChI=1S/C14H18F3NO/c1-2-18-12(9-14(15,16)17)10-5-6-13-11(8-10)4-3-7-19-13/h5-6,8,12,18H,2-4,7,9H2,1H3. The summed E-state index contributed by atoms with van der Waals surface area (Å²) in [6, 6.07) is 4.67. The van der Waals surface area contributed by atoms with Gasteiger partial charge in [0.1, 0.15) is 5.75 Å². The molecule has 1 aliphatic heterocycles. The summed E-state index contributed by atoms with van der Waals surface area (Å²) in [4.78, 5) is 0. The molecule has 19 heavy (non-hydrogen) atoms. The molecule has 1 aromatic rings. The minimum Gasteiger partial charge on any atom is -0.493 e. The van der Waals surface area contributed by atoms with Crippen LogP contribution in [-0.2, 0) is 6.42 Å². The first kappa shape index (κ1) is 14.2. The van der Waals surface area contributed by atoms with Crippen molar-refractivity contribution in [3.8, 4) is 5.75 Å². The second kappa shape index (κ2) is 5.82. The maximum Gasteiger partial charge on any atom is 0.390 e. The number of hydrogen-bond acceptors (Lipinski definition) is 2. The predicted octanol–water partition coefficient (Wildman–Crippen LogP) is 3.61. The zero-order valence-corrected chi connectivity index (χ0v) is 10.9. The van der Waals surface area contributed by atoms with Crippen molar-refractivity contribution >= 4 is 0 Å². The lowest BCUT2D eigenvalue weighted by Crippen LogP contribution is -2.26. The summed E-state index contributed by atoms with van der Waals surface area (Å²) in [6.45, 7) is 3.00. The fourth-order valence-corrected chi connectivity index (χ4v) is 2.38. The summed E-state index contributed by atoms with van der Waals surface area (Å²) in [5.41, 5.74) is 1.69. The highest BCUT2D eigenvalue weighted by atomic mass is 19.4. The van der Waals surface area contributed by atoms with Crippen LogP contribution in [0, 0.1) is 0 Å². The van der Waals surface area contributed by atoms with Gasteiger partial charge < -0.3 is 10.1 Å². The van der Waals surface area contributed by atoms with Crippen molar-refractivity contribution in [2.24, 2.45) is 0 Å². The van der Waals surface area contributed by atoms with Crippen LogP contribution in [0.15, 0.2) is 18.2 Å². The Labute approximate surface area is 111 Å². The monoisotopic (exact) mass is 273 g/mol. The van der Waals surface area contributed by atoms with Crippen LogP contribution in [0.2, 0.25) is 0 Å². The van der Waals surface area contributed by atoms with Crippen molar-refractivity contribution in [3.63, 3.8) is 0 Å². The fraction of sp³-hybridized carbons (Fsp3) is 0.571. The highest BCUT2D eigenvalue weighted by Crippen LogP contribution is 2.33. The number of fused-ring (bicyclic) bond motifs is 1. The van der Waals surface area contributed by atoms with E-state index in [2.05, 4.69) is 5.32 Å². The summed E-state index contributed by atoms with van der Waals surface area (Å²) in [5.74, 6) is 0.803. The van der Waals surface area contributed by atoms with Gasteiger partial charge >= 0.3 is 6.18 Å². The first-order valence-corrected chi connectivity index (χ1v) is 6.55. The molecule has 2 nitrogen and oxygen atoms in total. The van der Waals surface area contributed by atoms with E-state index in [0.717, 1.165) is 24.2 Å². The van der Waals surface area contributed by atoms with Crippen LogP contribution in [-0.4, -0.2) is 19.3 Å². The minimum absolute atomic E-state index is 0.508. The second-order valence-electron chi connectivity index (χ2n) is 4.75. The Hall–Kier alpha value is -1.23. The molecule has 0 spiro atoms. The summed E-state index contributed by atoms with van der Waals surface area (Å²) in [5, 5.41) is 2.90. The third-order valence-electron chi connectivity index (χ3n) is 3.22. The lowest BCUT2D eigenvalue weighted by molar-refractivity contribution is -0.140. The van der Waals surface area contributed by atoms with Crippen LogP contribution in [0.3, 0.4) is 0 Å². The Balaban J connectivity index is 2.21. The van der Waals surface area contributed by atoms with Gasteiger partial charge in [0.05, 0.1) is 13.0 Å². The fourth-order valence-electron chi connectivity index (χ4n) is 2.38. The first-order chi connectivity index (χ1) is 8.99. The molecule has 0 amide bonds. The number of ether oxygens (including phenoxy) is 1. The van der Waals surface area contributed by atoms with Crippen molar-refractivity contribution in [1.29, 1.82) is 0 Å². The van der Waals surface area contributed by atoms with E-state index < -0.39 is 18.6 Å². The molecule has 0 saturated heterocycles. The summed E-state index contributed by atoms with van der Waals surface area (Å²) in [6.07, 6.45) is -3.23. The van der Waals surface area contributed by atoms with E-state index in [1.54, 1.807) is 12.1 Å². The third kappa shape index (κ3) is 3.86. The molecule has 1 unspecified atom stereocenters. The predicted molar refractivity (Wildman–Crippen MR) is 67.3 cm³/mol. The van der Waals surface area contributed by atoms with Crippen LogP contribution >= 0.6 is 0 Å². The van der Waals surface area contributed by atoms with Crippen LogP contribution in [0.1, 0.15) is 36.9 Å². The van der Waals surface area contributed by atoms with Gasteiger partial charge in [0.15, 0.2) is 0 Å². The van der Waals surface area contributed by atoms with Crippen LogP contribution in [0.25, 0.3) is 0 Å². The molecule has 2 rings (SSSR count). The molecular formula is C14H18F3NO. The average Bonchev–Trinajstić information content (AvgIpc) is 2.36. The molecular weight excluding hydrogens is 255 g/mol. The lowest BCUT2D eigenvalue weighted by atomic mass is 9.97. The smallest absolute Gasteiger partial charge is 0.390 e. The van der Waals surface area contributed by atoms with Crippen molar-refractivity contribution < 1.29 is 17.9 Å². The van der Waals surface area contributed by atoms with Gasteiger partial charge in [-0.05, 0) is 36.6 Å². The molecule has 1 aromatic carbocycles. The van der Waals surface area contributed by atoms with E-state index in [-0.39, 0.29) is 0 Å². The average molecular weight is 273 g/mol. The Morgan fingerprint density at radius 3 is 2.84 bits per heavy atom. The first-order valence-electron chi connectivity index (χ1n) is 6.55. The Kier molecular flexibility index (Phi) is 4.34. The van der Waals surface area contributed by atoms with Gasteiger partial charge in [-0.25, -0.2) is 0 Å². The van der Waals surface area contributed by atoms with Gasteiger partial charge in [0.25, 0.3) is 0 Å². The normalized spacial score (nSPS) is 16.6. The van der Waals surface area contributed by atoms with Crippen LogP contribution in [0.4, 0.5) is 13.2 Å². The molecule has 5 heteroatoms. The number of rotatable bonds is 4. The van der Waals surface area contributed by atoms with Gasteiger partial charge in [0, 0.05) is 6.04 Å². The van der Waals surface area contributed by atoms with Gasteiger partial charge in [-0.3, -0.25) is 0 Å². The Morgan fingerprint density at radius 1 is 1.37 bits per heavy atom. The number of halogens is 3. The van der Waals surface area contributed by atoms with E-state index >= 15 is 0 Å². The van der Waals surface area contributed by atoms with Crippen molar-refractivity contribution in [1.82, 2.24) is 5.32 Å². The second-order valence-corrected chi connectivity index (χ2v) is 4.75. The lowest BCUT2D eigenvalue weighted by Gasteiger charge is -2.23. The molecule has 0 radical (unpaired) electrons. The number of alkyl halides is 3. The van der Waals surface area contributed by atoms with E-state index in [0.29, 0.717) is 18.7 Å². The Bertz CT molecular complexity index is 431. The van der Waals surface area contributed by atoms with Crippen molar-refractivity contribution in [2.75, 3.05) is 13.2 Å². The maximum atomic E-state index is 12.6. The van der Waals surface area contributed by atoms with E-state index in [1.165, 1.54) is 0 Å². The maximum absolute atomic E-state index is 12.6. The van der Waals surface area contributed by atoms with Gasteiger partial charge in [-0.2, -0.15) is 13.2 Å². The highest BCUT2D eigenvalue weighted by molar-refractivity contribution is 5.39. The summed E-state index contributed by atoms with van der Waals surface area (Å²) < 4.78 is 43.2. The van der Waals surface area contributed by atoms with Crippen molar-refractivity contribution in [2.45, 2.75) is 38.4 Å². The number of benzene rings is 1. The molecule has 1 heterocycles. The topological polar surface area (TPSA) is 21.3 Å². The van der Waals surface area contributed by atoms with Gasteiger partial charge in [0.2, 0.25) is 0 Å². The Morgan fingerprint density at radius 2 is 2.16 bits per heavy atom. The van der Waals surface area contributed by atoms with Crippen molar-refractivity contribution in [3.05, 3.63) is 29.3 Å². The number of nitrogens with one attached hydrogen (secondary N) is 1. The third-order valence-corrected chi connectivity index (χ3v) is 3.22. The van der Waals surface area contributed by atoms with Crippen LogP contribution in [0.5, 0.6) is 5.75 Å². The quantitative estimate of drug-likeness (QED) is 0.904. The number of aryl methyl sites for hydroxylation is 1. The van der Waals surface area contributed by atoms with E-state index in [9.17, 15) is 13.2 Å². The van der Waals surface area contributed by atoms with Crippen LogP contribution < -0.4 is 10.1 Å². The summed E-state index contributed by atoms with van der Waals surface area (Å²) in [7, 11) is 0. The van der Waals surface area contributed by atoms with E-state index in [1.807, 2.05) is 13.0 Å². The molecule has 0 aromatic heterocycles. The molecule has 0 fully saturated rings. The molecule has 1 atom stereocenters. The largest absolute Gasteiger partial charge is 0.493 e. The molecule has 0 saturated carbocycles. The van der Waals surface area contributed by atoms with Gasteiger partial charge in [-0.1, -0.05) is 19.1 Å². The zero-order valence-electron chi connectivity index (χ0n) is 10.9. The molecule has 0 bridgehead atoms. The SMILES string of the molecule is CCNC(CC(F)(F)F)c1ccc2c(c1)CCCO2. The van der Waals surface area contributed by atoms with Gasteiger partial charge in [-0.15, -0.1) is 0 Å². The molecule has 0 aliphatic carbocycles. The molecule has 1 aliphatic rings. The number of hydrogen-bond donors (Lipinski definition) is 1. The zero-order chi connectivity index (χ0) is 13.9. The highest BCUT2D eigenvalue weighted by Gasteiger charge is 2.32. The summed E-state index contributed by atoms with van der Waals surface area (Å²) >= 11 is 0.